The molecule has 7 heteroatoms. The van der Waals surface area contributed by atoms with E-state index < -0.39 is 0 Å². The molecule has 2 heterocycles. The summed E-state index contributed by atoms with van der Waals surface area (Å²) in [5.74, 6) is 0.316. The van der Waals surface area contributed by atoms with Crippen molar-refractivity contribution in [2.24, 2.45) is 0 Å². The van der Waals surface area contributed by atoms with Crippen molar-refractivity contribution in [3.63, 3.8) is 0 Å². The van der Waals surface area contributed by atoms with E-state index in [1.54, 1.807) is 12.1 Å². The van der Waals surface area contributed by atoms with Gasteiger partial charge in [-0.1, -0.05) is 18.3 Å². The Hall–Kier alpha value is -2.02. The van der Waals surface area contributed by atoms with Crippen molar-refractivity contribution in [3.05, 3.63) is 29.6 Å². The first-order valence-electron chi connectivity index (χ1n) is 5.42. The average molecular weight is 263 g/mol. The first-order chi connectivity index (χ1) is 8.56. The van der Waals surface area contributed by atoms with Crippen LogP contribution in [0.2, 0.25) is 0 Å². The minimum absolute atomic E-state index is 0.213. The van der Waals surface area contributed by atoms with Gasteiger partial charge in [-0.2, -0.15) is 0 Å². The Labute approximate surface area is 108 Å². The molecule has 0 fully saturated rings. The number of nitrogen functional groups attached to an aromatic ring is 1. The highest BCUT2D eigenvalue weighted by atomic mass is 32.1. The molecule has 0 atom stereocenters. The van der Waals surface area contributed by atoms with Gasteiger partial charge < -0.3 is 11.1 Å². The summed E-state index contributed by atoms with van der Waals surface area (Å²) >= 11 is 1.12. The second-order valence-electron chi connectivity index (χ2n) is 4.10. The van der Waals surface area contributed by atoms with E-state index in [4.69, 9.17) is 5.73 Å². The minimum atomic E-state index is -0.239. The van der Waals surface area contributed by atoms with Crippen LogP contribution in [-0.4, -0.2) is 20.5 Å². The van der Waals surface area contributed by atoms with Crippen LogP contribution in [0.25, 0.3) is 0 Å². The molecule has 0 spiro atoms. The zero-order valence-electron chi connectivity index (χ0n) is 10.0. The maximum atomic E-state index is 12.0. The highest BCUT2D eigenvalue weighted by Gasteiger charge is 2.11. The zero-order valence-corrected chi connectivity index (χ0v) is 10.9. The molecule has 6 nitrogen and oxygen atoms in total. The lowest BCUT2D eigenvalue weighted by Crippen LogP contribution is -2.13. The van der Waals surface area contributed by atoms with Crippen molar-refractivity contribution < 1.29 is 4.79 Å². The van der Waals surface area contributed by atoms with E-state index in [9.17, 15) is 4.79 Å². The van der Waals surface area contributed by atoms with Crippen LogP contribution in [0, 0.1) is 0 Å². The van der Waals surface area contributed by atoms with Gasteiger partial charge >= 0.3 is 0 Å². The van der Waals surface area contributed by atoms with E-state index in [1.807, 2.05) is 13.8 Å². The Balaban J connectivity index is 2.24. The molecule has 0 saturated carbocycles. The van der Waals surface area contributed by atoms with Crippen LogP contribution in [0.4, 0.5) is 10.8 Å². The van der Waals surface area contributed by atoms with E-state index in [0.717, 1.165) is 17.2 Å². The summed E-state index contributed by atoms with van der Waals surface area (Å²) in [5, 5.41) is 6.95. The quantitative estimate of drug-likeness (QED) is 0.882. The Morgan fingerprint density at radius 3 is 2.83 bits per heavy atom. The number of rotatable bonds is 3. The summed E-state index contributed by atoms with van der Waals surface area (Å²) in [7, 11) is 0. The fourth-order valence-corrected chi connectivity index (χ4v) is 1.82. The molecule has 0 aromatic carbocycles. The van der Waals surface area contributed by atoms with Crippen LogP contribution in [0.15, 0.2) is 18.3 Å². The van der Waals surface area contributed by atoms with Crippen LogP contribution >= 0.6 is 11.5 Å². The number of hydrogen-bond donors (Lipinski definition) is 2. The van der Waals surface area contributed by atoms with Gasteiger partial charge in [0.25, 0.3) is 5.91 Å². The lowest BCUT2D eigenvalue weighted by atomic mass is 10.1. The van der Waals surface area contributed by atoms with Crippen LogP contribution < -0.4 is 11.1 Å². The van der Waals surface area contributed by atoms with E-state index >= 15 is 0 Å². The first-order valence-corrected chi connectivity index (χ1v) is 6.20. The van der Waals surface area contributed by atoms with Crippen LogP contribution in [0.1, 0.15) is 35.8 Å². The van der Waals surface area contributed by atoms with Crippen LogP contribution in [0.5, 0.6) is 0 Å². The van der Waals surface area contributed by atoms with E-state index in [-0.39, 0.29) is 11.8 Å². The fourth-order valence-electron chi connectivity index (χ4n) is 1.41. The molecule has 0 saturated heterocycles. The number of nitrogens with zero attached hydrogens (tertiary/aromatic N) is 3. The summed E-state index contributed by atoms with van der Waals surface area (Å²) in [4.78, 5) is 16.2. The molecule has 0 aliphatic heterocycles. The largest absolute Gasteiger partial charge is 0.384 e. The predicted molar refractivity (Wildman–Crippen MR) is 70.6 cm³/mol. The topological polar surface area (TPSA) is 93.8 Å². The standard InChI is InChI=1S/C11H13N5OS/c1-6(2)8-3-7(4-9(12)14-8)11(17)15-10-5-13-16-18-10/h3-6H,1-2H3,(H2,12,14)(H,15,17). The Bertz CT molecular complexity index is 553. The van der Waals surface area contributed by atoms with Crippen molar-refractivity contribution in [1.29, 1.82) is 0 Å². The Kier molecular flexibility index (Phi) is 3.52. The highest BCUT2D eigenvalue weighted by Crippen LogP contribution is 2.18. The van der Waals surface area contributed by atoms with Gasteiger partial charge in [-0.15, -0.1) is 5.10 Å². The average Bonchev–Trinajstić information content (AvgIpc) is 2.80. The molecule has 0 aliphatic carbocycles. The van der Waals surface area contributed by atoms with Gasteiger partial charge in [-0.05, 0) is 18.1 Å². The lowest BCUT2D eigenvalue weighted by Gasteiger charge is -2.08. The molecule has 2 aromatic rings. The van der Waals surface area contributed by atoms with Crippen molar-refractivity contribution in [3.8, 4) is 0 Å². The van der Waals surface area contributed by atoms with Gasteiger partial charge in [0.1, 0.15) is 10.8 Å². The summed E-state index contributed by atoms with van der Waals surface area (Å²) < 4.78 is 3.67. The Morgan fingerprint density at radius 1 is 1.44 bits per heavy atom. The number of pyridine rings is 1. The second kappa shape index (κ2) is 5.09. The Morgan fingerprint density at radius 2 is 2.22 bits per heavy atom. The number of anilines is 2. The van der Waals surface area contributed by atoms with Crippen LogP contribution in [-0.2, 0) is 0 Å². The fraction of sp³-hybridized carbons (Fsp3) is 0.273. The number of nitrogens with two attached hydrogens (primary N) is 1. The maximum absolute atomic E-state index is 12.0. The second-order valence-corrected chi connectivity index (χ2v) is 4.88. The normalized spacial score (nSPS) is 10.6. The number of carbonyl (C=O) groups is 1. The number of nitrogens with one attached hydrogen (secondary N) is 1. The molecule has 0 radical (unpaired) electrons. The number of carbonyl (C=O) groups excluding carboxylic acids is 1. The van der Waals surface area contributed by atoms with Gasteiger partial charge in [0.2, 0.25) is 0 Å². The smallest absolute Gasteiger partial charge is 0.256 e. The van der Waals surface area contributed by atoms with Gasteiger partial charge in [-0.3, -0.25) is 4.79 Å². The molecule has 3 N–H and O–H groups in total. The molecule has 1 amide bonds. The molecule has 0 bridgehead atoms. The number of aromatic nitrogens is 3. The van der Waals surface area contributed by atoms with Gasteiger partial charge in [0.05, 0.1) is 6.20 Å². The van der Waals surface area contributed by atoms with Crippen molar-refractivity contribution in [1.82, 2.24) is 14.6 Å². The molecule has 0 aliphatic rings. The molecule has 0 unspecified atom stereocenters. The van der Waals surface area contributed by atoms with Crippen LogP contribution in [0.3, 0.4) is 0 Å². The molecule has 18 heavy (non-hydrogen) atoms. The molecular formula is C11H13N5OS. The third-order valence-electron chi connectivity index (χ3n) is 2.32. The summed E-state index contributed by atoms with van der Waals surface area (Å²) in [6.07, 6.45) is 1.50. The third-order valence-corrected chi connectivity index (χ3v) is 2.90. The van der Waals surface area contributed by atoms with Gasteiger partial charge in [0, 0.05) is 22.8 Å². The first kappa shape index (κ1) is 12.4. The SMILES string of the molecule is CC(C)c1cc(C(=O)Nc2cnns2)cc(N)n1. The molecule has 94 valence electrons. The molecular weight excluding hydrogens is 250 g/mol. The van der Waals surface area contributed by atoms with Crippen molar-refractivity contribution >= 4 is 28.3 Å². The molecule has 2 rings (SSSR count). The van der Waals surface area contributed by atoms with Crippen molar-refractivity contribution in [2.75, 3.05) is 11.1 Å². The maximum Gasteiger partial charge on any atom is 0.256 e. The number of amides is 1. The van der Waals surface area contributed by atoms with E-state index in [1.165, 1.54) is 6.20 Å². The highest BCUT2D eigenvalue weighted by molar-refractivity contribution is 7.10. The van der Waals surface area contributed by atoms with E-state index in [2.05, 4.69) is 19.9 Å². The lowest BCUT2D eigenvalue weighted by molar-refractivity contribution is 0.102. The predicted octanol–water partition coefficient (Wildman–Crippen LogP) is 1.89. The third kappa shape index (κ3) is 2.80. The summed E-state index contributed by atoms with van der Waals surface area (Å²) in [6.45, 7) is 3.99. The van der Waals surface area contributed by atoms with E-state index in [0.29, 0.717) is 16.4 Å². The minimum Gasteiger partial charge on any atom is -0.384 e. The molecule has 2 aromatic heterocycles. The summed E-state index contributed by atoms with van der Waals surface area (Å²) in [6, 6.07) is 3.29. The summed E-state index contributed by atoms with van der Waals surface area (Å²) in [5.41, 5.74) is 6.97. The van der Waals surface area contributed by atoms with Gasteiger partial charge in [0.15, 0.2) is 0 Å². The number of hydrogen-bond acceptors (Lipinski definition) is 6. The van der Waals surface area contributed by atoms with Gasteiger partial charge in [-0.25, -0.2) is 4.98 Å². The monoisotopic (exact) mass is 263 g/mol. The van der Waals surface area contributed by atoms with Crippen molar-refractivity contribution in [2.45, 2.75) is 19.8 Å². The zero-order chi connectivity index (χ0) is 13.1.